The van der Waals surface area contributed by atoms with Gasteiger partial charge in [-0.25, -0.2) is 0 Å². The van der Waals surface area contributed by atoms with Gasteiger partial charge in [0, 0.05) is 9.58 Å². The van der Waals surface area contributed by atoms with E-state index in [0.717, 1.165) is 4.88 Å². The third-order valence-electron chi connectivity index (χ3n) is 2.33. The van der Waals surface area contributed by atoms with Crippen LogP contribution in [0, 0.1) is 11.8 Å². The van der Waals surface area contributed by atoms with Crippen molar-refractivity contribution in [3.8, 4) is 0 Å². The molecule has 0 spiro atoms. The van der Waals surface area contributed by atoms with Crippen molar-refractivity contribution in [3.05, 3.63) is 39.6 Å². The molecule has 1 atom stereocenters. The Hall–Kier alpha value is -1.22. The fourth-order valence-corrected chi connectivity index (χ4v) is 2.60. The average molecular weight is 205 g/mol. The van der Waals surface area contributed by atoms with E-state index in [1.54, 1.807) is 11.3 Å². The Labute approximate surface area is 86.5 Å². The van der Waals surface area contributed by atoms with Crippen LogP contribution in [0.5, 0.6) is 0 Å². The Kier molecular flexibility index (Phi) is 2.33. The van der Waals surface area contributed by atoms with Crippen LogP contribution in [0.4, 0.5) is 0 Å². The molecule has 0 fully saturated rings. The van der Waals surface area contributed by atoms with Gasteiger partial charge in [-0.3, -0.25) is 0 Å². The lowest BCUT2D eigenvalue weighted by molar-refractivity contribution is 0.831. The monoisotopic (exact) mass is 205 g/mol. The highest BCUT2D eigenvalue weighted by Crippen LogP contribution is 2.33. The van der Waals surface area contributed by atoms with Crippen LogP contribution in [0.3, 0.4) is 0 Å². The minimum absolute atomic E-state index is 0.230. The van der Waals surface area contributed by atoms with Gasteiger partial charge in [0.15, 0.2) is 0 Å². The maximum atomic E-state index is 10.4. The van der Waals surface area contributed by atoms with Crippen molar-refractivity contribution in [1.82, 2.24) is 0 Å². The second-order valence-corrected chi connectivity index (χ2v) is 4.51. The number of hydrogen-bond donors (Lipinski definition) is 0. The summed E-state index contributed by atoms with van der Waals surface area (Å²) in [5.74, 6) is 0. The molecule has 0 saturated heterocycles. The molecule has 0 aliphatic rings. The fraction of sp³-hybridized carbons (Fsp3) is 0.273. The highest BCUT2D eigenvalue weighted by atomic mass is 32.1. The molecule has 1 unspecified atom stereocenters. The van der Waals surface area contributed by atoms with Crippen molar-refractivity contribution in [2.24, 2.45) is 5.18 Å². The first-order valence-electron chi connectivity index (χ1n) is 4.54. The molecule has 14 heavy (non-hydrogen) atoms. The van der Waals surface area contributed by atoms with Crippen molar-refractivity contribution in [2.45, 2.75) is 19.9 Å². The largest absolute Gasteiger partial charge is 0.150 e. The summed E-state index contributed by atoms with van der Waals surface area (Å²) in [4.78, 5) is 11.5. The molecule has 0 radical (unpaired) electrons. The van der Waals surface area contributed by atoms with Gasteiger partial charge in [-0.1, -0.05) is 23.4 Å². The molecule has 72 valence electrons. The van der Waals surface area contributed by atoms with Gasteiger partial charge in [0.25, 0.3) is 0 Å². The number of fused-ring (bicyclic) bond motifs is 1. The van der Waals surface area contributed by atoms with Gasteiger partial charge >= 0.3 is 0 Å². The van der Waals surface area contributed by atoms with E-state index in [1.165, 1.54) is 15.6 Å². The summed E-state index contributed by atoms with van der Waals surface area (Å²) in [5.41, 5.74) is 1.26. The van der Waals surface area contributed by atoms with Crippen molar-refractivity contribution < 1.29 is 0 Å². The molecule has 2 aromatic rings. The lowest BCUT2D eigenvalue weighted by atomic mass is 10.2. The van der Waals surface area contributed by atoms with Gasteiger partial charge in [0.05, 0.1) is 0 Å². The van der Waals surface area contributed by atoms with Crippen molar-refractivity contribution in [1.29, 1.82) is 0 Å². The molecule has 1 aromatic carbocycles. The molecule has 0 amide bonds. The SMILES string of the molecule is Cc1cccc2cc(C(C)N=O)sc12. The van der Waals surface area contributed by atoms with Gasteiger partial charge in [-0.15, -0.1) is 11.3 Å². The fourth-order valence-electron chi connectivity index (χ4n) is 1.49. The standard InChI is InChI=1S/C11H11NOS/c1-7-4-3-5-9-6-10(8(2)12-13)14-11(7)9/h3-6,8H,1-2H3. The first-order chi connectivity index (χ1) is 6.72. The summed E-state index contributed by atoms with van der Waals surface area (Å²) in [6.45, 7) is 3.91. The average Bonchev–Trinajstić information content (AvgIpc) is 2.62. The summed E-state index contributed by atoms with van der Waals surface area (Å²) in [6, 6.07) is 8.01. The van der Waals surface area contributed by atoms with Crippen LogP contribution in [-0.2, 0) is 0 Å². The lowest BCUT2D eigenvalue weighted by Crippen LogP contribution is -1.80. The first-order valence-corrected chi connectivity index (χ1v) is 5.35. The Morgan fingerprint density at radius 3 is 2.86 bits per heavy atom. The minimum atomic E-state index is -0.230. The van der Waals surface area contributed by atoms with E-state index in [2.05, 4.69) is 30.3 Å². The topological polar surface area (TPSA) is 29.4 Å². The van der Waals surface area contributed by atoms with Crippen molar-refractivity contribution >= 4 is 21.4 Å². The molecule has 0 saturated carbocycles. The molecule has 1 aromatic heterocycles. The molecule has 0 aliphatic carbocycles. The van der Waals surface area contributed by atoms with Crippen LogP contribution in [-0.4, -0.2) is 0 Å². The number of hydrogen-bond acceptors (Lipinski definition) is 3. The molecule has 3 heteroatoms. The molecular weight excluding hydrogens is 194 g/mol. The second kappa shape index (κ2) is 3.50. The number of nitrogens with zero attached hydrogens (tertiary/aromatic N) is 1. The molecule has 0 aliphatic heterocycles. The molecular formula is C11H11NOS. The molecule has 0 bridgehead atoms. The van der Waals surface area contributed by atoms with Gasteiger partial charge in [0.2, 0.25) is 0 Å². The predicted octanol–water partition coefficient (Wildman–Crippen LogP) is 4.04. The van der Waals surface area contributed by atoms with Crippen LogP contribution < -0.4 is 0 Å². The Morgan fingerprint density at radius 1 is 1.43 bits per heavy atom. The quantitative estimate of drug-likeness (QED) is 0.680. The van der Waals surface area contributed by atoms with E-state index in [4.69, 9.17) is 0 Å². The van der Waals surface area contributed by atoms with Crippen LogP contribution in [0.25, 0.3) is 10.1 Å². The highest BCUT2D eigenvalue weighted by molar-refractivity contribution is 7.19. The van der Waals surface area contributed by atoms with Gasteiger partial charge < -0.3 is 0 Å². The molecule has 2 rings (SSSR count). The Balaban J connectivity index is 2.62. The summed E-state index contributed by atoms with van der Waals surface area (Å²) >= 11 is 1.66. The molecule has 2 nitrogen and oxygen atoms in total. The summed E-state index contributed by atoms with van der Waals surface area (Å²) in [7, 11) is 0. The smallest absolute Gasteiger partial charge is 0.123 e. The number of nitroso groups, excluding NO2 is 1. The van der Waals surface area contributed by atoms with Crippen molar-refractivity contribution in [3.63, 3.8) is 0 Å². The zero-order valence-corrected chi connectivity index (χ0v) is 8.97. The number of rotatable bonds is 2. The summed E-state index contributed by atoms with van der Waals surface area (Å²) in [6.07, 6.45) is 0. The van der Waals surface area contributed by atoms with Crippen LogP contribution in [0.15, 0.2) is 29.4 Å². The molecule has 1 heterocycles. The maximum absolute atomic E-state index is 10.4. The third kappa shape index (κ3) is 1.44. The zero-order valence-electron chi connectivity index (χ0n) is 8.15. The number of thiophene rings is 1. The lowest BCUT2D eigenvalue weighted by Gasteiger charge is -1.94. The Morgan fingerprint density at radius 2 is 2.21 bits per heavy atom. The van der Waals surface area contributed by atoms with Crippen molar-refractivity contribution in [2.75, 3.05) is 0 Å². The van der Waals surface area contributed by atoms with Gasteiger partial charge in [-0.05, 0) is 30.9 Å². The highest BCUT2D eigenvalue weighted by Gasteiger charge is 2.10. The van der Waals surface area contributed by atoms with E-state index in [1.807, 2.05) is 13.0 Å². The Bertz CT molecular complexity index is 475. The van der Waals surface area contributed by atoms with E-state index in [0.29, 0.717) is 0 Å². The third-order valence-corrected chi connectivity index (χ3v) is 3.79. The van der Waals surface area contributed by atoms with Crippen LogP contribution in [0.1, 0.15) is 23.4 Å². The maximum Gasteiger partial charge on any atom is 0.123 e. The van der Waals surface area contributed by atoms with E-state index < -0.39 is 0 Å². The van der Waals surface area contributed by atoms with Crippen LogP contribution >= 0.6 is 11.3 Å². The normalized spacial score (nSPS) is 13.0. The van der Waals surface area contributed by atoms with E-state index >= 15 is 0 Å². The number of aryl methyl sites for hydroxylation is 1. The van der Waals surface area contributed by atoms with Gasteiger partial charge in [0.1, 0.15) is 6.04 Å². The summed E-state index contributed by atoms with van der Waals surface area (Å²) < 4.78 is 1.26. The van der Waals surface area contributed by atoms with Crippen LogP contribution in [0.2, 0.25) is 0 Å². The van der Waals surface area contributed by atoms with E-state index in [9.17, 15) is 4.91 Å². The van der Waals surface area contributed by atoms with Gasteiger partial charge in [-0.2, -0.15) is 4.91 Å². The second-order valence-electron chi connectivity index (χ2n) is 3.42. The summed E-state index contributed by atoms with van der Waals surface area (Å²) in [5, 5.41) is 4.25. The predicted molar refractivity (Wildman–Crippen MR) is 60.8 cm³/mol. The first kappa shape index (κ1) is 9.34. The minimum Gasteiger partial charge on any atom is -0.150 e. The number of benzene rings is 1. The van der Waals surface area contributed by atoms with E-state index in [-0.39, 0.29) is 6.04 Å². The molecule has 0 N–H and O–H groups in total. The zero-order chi connectivity index (χ0) is 10.1.